The fourth-order valence-electron chi connectivity index (χ4n) is 4.04. The summed E-state index contributed by atoms with van der Waals surface area (Å²) >= 11 is 0. The lowest BCUT2D eigenvalue weighted by atomic mass is 9.89. The Bertz CT molecular complexity index is 1190. The largest absolute Gasteiger partial charge is 0.455 e. The predicted octanol–water partition coefficient (Wildman–Crippen LogP) is 6.79. The minimum absolute atomic E-state index is 0.961. The molecule has 1 aliphatic rings. The molecule has 0 radical (unpaired) electrons. The van der Waals surface area contributed by atoms with Crippen LogP contribution in [0, 0.1) is 13.8 Å². The molecule has 0 fully saturated rings. The summed E-state index contributed by atoms with van der Waals surface area (Å²) in [5.41, 5.74) is 7.26. The zero-order valence-electron chi connectivity index (χ0n) is 13.9. The van der Waals surface area contributed by atoms with Crippen molar-refractivity contribution in [2.75, 3.05) is 0 Å². The molecule has 0 saturated heterocycles. The van der Waals surface area contributed by atoms with Gasteiger partial charge in [-0.3, -0.25) is 0 Å². The van der Waals surface area contributed by atoms with Gasteiger partial charge in [0.25, 0.3) is 0 Å². The van der Waals surface area contributed by atoms with Crippen molar-refractivity contribution < 1.29 is 4.42 Å². The third-order valence-corrected chi connectivity index (χ3v) is 5.27. The molecule has 5 rings (SSSR count). The zero-order valence-corrected chi connectivity index (χ0v) is 13.9. The summed E-state index contributed by atoms with van der Waals surface area (Å²) < 4.78 is 6.28. The Kier molecular flexibility index (Phi) is 2.75. The van der Waals surface area contributed by atoms with Crippen molar-refractivity contribution in [3.05, 3.63) is 70.8 Å². The second-order valence-corrected chi connectivity index (χ2v) is 6.58. The summed E-state index contributed by atoms with van der Waals surface area (Å²) in [5.74, 6) is 0. The molecule has 0 bridgehead atoms. The molecule has 1 nitrogen and oxygen atoms in total. The van der Waals surface area contributed by atoms with Gasteiger partial charge in [0.15, 0.2) is 0 Å². The SMILES string of the molecule is Cc1c2c(c(C)c3c1ccc1c4ccccc4oc13)C=CCC=C2. The monoisotopic (exact) mass is 310 g/mol. The maximum atomic E-state index is 6.28. The highest BCUT2D eigenvalue weighted by Crippen LogP contribution is 2.40. The molecule has 0 atom stereocenters. The van der Waals surface area contributed by atoms with Gasteiger partial charge in [0, 0.05) is 16.2 Å². The second-order valence-electron chi connectivity index (χ2n) is 6.58. The number of fused-ring (bicyclic) bond motifs is 6. The molecule has 0 saturated carbocycles. The number of allylic oxidation sites excluding steroid dienone is 2. The van der Waals surface area contributed by atoms with E-state index in [9.17, 15) is 0 Å². The average Bonchev–Trinajstić information content (AvgIpc) is 2.80. The van der Waals surface area contributed by atoms with Crippen LogP contribution in [0.2, 0.25) is 0 Å². The minimum Gasteiger partial charge on any atom is -0.455 e. The van der Waals surface area contributed by atoms with Gasteiger partial charge in [-0.1, -0.05) is 48.6 Å². The van der Waals surface area contributed by atoms with E-state index in [1.807, 2.05) is 6.07 Å². The van der Waals surface area contributed by atoms with Crippen LogP contribution in [0.3, 0.4) is 0 Å². The lowest BCUT2D eigenvalue weighted by molar-refractivity contribution is 0.672. The van der Waals surface area contributed by atoms with Gasteiger partial charge in [0.1, 0.15) is 11.2 Å². The average molecular weight is 310 g/mol. The van der Waals surface area contributed by atoms with Gasteiger partial charge in [0.2, 0.25) is 0 Å². The van der Waals surface area contributed by atoms with Crippen LogP contribution in [0.1, 0.15) is 28.7 Å². The first-order chi connectivity index (χ1) is 11.8. The molecule has 116 valence electrons. The molecule has 1 aromatic heterocycles. The Morgan fingerprint density at radius 3 is 2.29 bits per heavy atom. The summed E-state index contributed by atoms with van der Waals surface area (Å²) in [7, 11) is 0. The standard InChI is InChI=1S/C23H18O/c1-14-16-8-4-3-5-9-17(16)15(2)22-18(14)12-13-20-19-10-6-7-11-21(19)24-23(20)22/h4-13H,3H2,1-2H3. The van der Waals surface area contributed by atoms with Crippen LogP contribution in [-0.2, 0) is 0 Å². The minimum atomic E-state index is 0.961. The van der Waals surface area contributed by atoms with Crippen molar-refractivity contribution in [2.45, 2.75) is 20.3 Å². The Labute approximate surface area is 140 Å². The molecule has 1 heteroatoms. The maximum Gasteiger partial charge on any atom is 0.143 e. The number of rotatable bonds is 0. The Hall–Kier alpha value is -2.80. The summed E-state index contributed by atoms with van der Waals surface area (Å²) in [5, 5.41) is 4.93. The van der Waals surface area contributed by atoms with E-state index in [1.54, 1.807) is 0 Å². The van der Waals surface area contributed by atoms with E-state index in [-0.39, 0.29) is 0 Å². The summed E-state index contributed by atoms with van der Waals surface area (Å²) in [6, 6.07) is 12.8. The van der Waals surface area contributed by atoms with Gasteiger partial charge in [-0.25, -0.2) is 0 Å². The molecule has 0 spiro atoms. The molecule has 0 amide bonds. The molecule has 1 heterocycles. The maximum absolute atomic E-state index is 6.28. The summed E-state index contributed by atoms with van der Waals surface area (Å²) in [4.78, 5) is 0. The van der Waals surface area contributed by atoms with E-state index in [0.29, 0.717) is 0 Å². The first-order valence-electron chi connectivity index (χ1n) is 8.46. The first kappa shape index (κ1) is 13.6. The highest BCUT2D eigenvalue weighted by molar-refractivity contribution is 6.17. The number of aryl methyl sites for hydroxylation is 2. The molecule has 1 aliphatic carbocycles. The van der Waals surface area contributed by atoms with Gasteiger partial charge in [-0.2, -0.15) is 0 Å². The molecule has 24 heavy (non-hydrogen) atoms. The van der Waals surface area contributed by atoms with Crippen LogP contribution in [-0.4, -0.2) is 0 Å². The number of benzene rings is 3. The highest BCUT2D eigenvalue weighted by atomic mass is 16.3. The molecule has 0 aliphatic heterocycles. The number of para-hydroxylation sites is 1. The van der Waals surface area contributed by atoms with E-state index in [0.717, 1.165) is 17.6 Å². The lowest BCUT2D eigenvalue weighted by Crippen LogP contribution is -1.94. The number of hydrogen-bond donors (Lipinski definition) is 0. The van der Waals surface area contributed by atoms with Crippen molar-refractivity contribution in [1.82, 2.24) is 0 Å². The molecule has 0 N–H and O–H groups in total. The van der Waals surface area contributed by atoms with Gasteiger partial charge >= 0.3 is 0 Å². The van der Waals surface area contributed by atoms with Gasteiger partial charge in [-0.15, -0.1) is 0 Å². The third kappa shape index (κ3) is 1.70. The van der Waals surface area contributed by atoms with Crippen LogP contribution < -0.4 is 0 Å². The predicted molar refractivity (Wildman–Crippen MR) is 103 cm³/mol. The second kappa shape index (κ2) is 4.85. The number of furan rings is 1. The Balaban J connectivity index is 2.05. The van der Waals surface area contributed by atoms with Gasteiger partial charge in [0.05, 0.1) is 0 Å². The van der Waals surface area contributed by atoms with Crippen LogP contribution in [0.25, 0.3) is 44.9 Å². The molecule has 4 aromatic rings. The third-order valence-electron chi connectivity index (χ3n) is 5.27. The highest BCUT2D eigenvalue weighted by Gasteiger charge is 2.17. The topological polar surface area (TPSA) is 13.1 Å². The van der Waals surface area contributed by atoms with E-state index in [2.05, 4.69) is 68.5 Å². The van der Waals surface area contributed by atoms with E-state index < -0.39 is 0 Å². The van der Waals surface area contributed by atoms with Crippen molar-refractivity contribution in [3.63, 3.8) is 0 Å². The smallest absolute Gasteiger partial charge is 0.143 e. The van der Waals surface area contributed by atoms with Gasteiger partial charge < -0.3 is 4.42 Å². The van der Waals surface area contributed by atoms with Crippen molar-refractivity contribution >= 4 is 44.9 Å². The Morgan fingerprint density at radius 1 is 0.750 bits per heavy atom. The summed E-state index contributed by atoms with van der Waals surface area (Å²) in [6.07, 6.45) is 9.99. The quantitative estimate of drug-likeness (QED) is 0.348. The van der Waals surface area contributed by atoms with E-state index in [1.165, 1.54) is 43.8 Å². The molecular formula is C23H18O. The number of hydrogen-bond acceptors (Lipinski definition) is 1. The van der Waals surface area contributed by atoms with Crippen LogP contribution in [0.15, 0.2) is 53.0 Å². The lowest BCUT2D eigenvalue weighted by Gasteiger charge is -2.15. The zero-order chi connectivity index (χ0) is 16.3. The van der Waals surface area contributed by atoms with Crippen LogP contribution in [0.5, 0.6) is 0 Å². The normalized spacial score (nSPS) is 13.8. The Morgan fingerprint density at radius 2 is 1.46 bits per heavy atom. The molecular weight excluding hydrogens is 292 g/mol. The van der Waals surface area contributed by atoms with E-state index in [4.69, 9.17) is 4.42 Å². The van der Waals surface area contributed by atoms with Crippen molar-refractivity contribution in [1.29, 1.82) is 0 Å². The van der Waals surface area contributed by atoms with E-state index >= 15 is 0 Å². The van der Waals surface area contributed by atoms with Crippen LogP contribution in [0.4, 0.5) is 0 Å². The fourth-order valence-corrected chi connectivity index (χ4v) is 4.04. The first-order valence-corrected chi connectivity index (χ1v) is 8.46. The molecule has 0 unspecified atom stereocenters. The summed E-state index contributed by atoms with van der Waals surface area (Å²) in [6.45, 7) is 4.44. The van der Waals surface area contributed by atoms with Crippen molar-refractivity contribution in [2.24, 2.45) is 0 Å². The molecule has 3 aromatic carbocycles. The van der Waals surface area contributed by atoms with Gasteiger partial charge in [-0.05, 0) is 60.0 Å². The fraction of sp³-hybridized carbons (Fsp3) is 0.130. The van der Waals surface area contributed by atoms with Crippen LogP contribution >= 0.6 is 0 Å². The van der Waals surface area contributed by atoms with Crippen molar-refractivity contribution in [3.8, 4) is 0 Å².